The Morgan fingerprint density at radius 3 is 2.76 bits per heavy atom. The van der Waals surface area contributed by atoms with Gasteiger partial charge in [0, 0.05) is 20.8 Å². The van der Waals surface area contributed by atoms with Crippen molar-refractivity contribution >= 4 is 39.3 Å². The summed E-state index contributed by atoms with van der Waals surface area (Å²) in [6.07, 6.45) is 0. The van der Waals surface area contributed by atoms with Gasteiger partial charge < -0.3 is 4.42 Å². The van der Waals surface area contributed by atoms with Gasteiger partial charge in [-0.1, -0.05) is 63.6 Å². The lowest BCUT2D eigenvalue weighted by Crippen LogP contribution is -1.82. The second-order valence-corrected chi connectivity index (χ2v) is 6.48. The first kappa shape index (κ1) is 14.6. The number of thioether (sulfide) groups is 1. The lowest BCUT2D eigenvalue weighted by Gasteiger charge is -2.00. The molecule has 1 heterocycles. The van der Waals surface area contributed by atoms with Crippen molar-refractivity contribution in [3.05, 3.63) is 63.6 Å². The van der Waals surface area contributed by atoms with Crippen LogP contribution in [0.5, 0.6) is 0 Å². The molecule has 0 saturated carbocycles. The maximum absolute atomic E-state index is 5.96. The van der Waals surface area contributed by atoms with Crippen LogP contribution in [0.15, 0.2) is 62.6 Å². The number of hydrogen-bond donors (Lipinski definition) is 0. The summed E-state index contributed by atoms with van der Waals surface area (Å²) in [4.78, 5) is 0. The summed E-state index contributed by atoms with van der Waals surface area (Å²) < 4.78 is 6.73. The van der Waals surface area contributed by atoms with Crippen LogP contribution in [0.3, 0.4) is 0 Å². The molecular weight excluding hydrogens is 372 g/mol. The molecule has 0 fully saturated rings. The average molecular weight is 382 g/mol. The zero-order valence-corrected chi connectivity index (χ0v) is 14.0. The Morgan fingerprint density at radius 2 is 1.95 bits per heavy atom. The van der Waals surface area contributed by atoms with Crippen molar-refractivity contribution in [1.82, 2.24) is 10.2 Å². The molecule has 0 bridgehead atoms. The highest BCUT2D eigenvalue weighted by Crippen LogP contribution is 2.28. The molecule has 3 aromatic rings. The fourth-order valence-corrected chi connectivity index (χ4v) is 3.33. The molecule has 0 unspecified atom stereocenters. The molecule has 1 aromatic heterocycles. The van der Waals surface area contributed by atoms with Gasteiger partial charge in [0.15, 0.2) is 0 Å². The zero-order chi connectivity index (χ0) is 14.7. The number of aromatic nitrogens is 2. The number of halogens is 2. The molecule has 0 aliphatic rings. The third-order valence-corrected chi connectivity index (χ3v) is 4.66. The Labute approximate surface area is 139 Å². The minimum Gasteiger partial charge on any atom is -0.411 e. The molecule has 21 heavy (non-hydrogen) atoms. The average Bonchev–Trinajstić information content (AvgIpc) is 2.95. The van der Waals surface area contributed by atoms with E-state index in [2.05, 4.69) is 32.2 Å². The maximum Gasteiger partial charge on any atom is 0.277 e. The molecular formula is C15H10BrClN2OS. The SMILES string of the molecule is Clc1cccc(-c2nnc(SCc3ccccc3Br)o2)c1. The van der Waals surface area contributed by atoms with Gasteiger partial charge in [0.2, 0.25) is 5.89 Å². The monoisotopic (exact) mass is 380 g/mol. The third kappa shape index (κ3) is 3.67. The third-order valence-electron chi connectivity index (χ3n) is 2.79. The van der Waals surface area contributed by atoms with Gasteiger partial charge in [-0.3, -0.25) is 0 Å². The van der Waals surface area contributed by atoms with Crippen molar-refractivity contribution < 1.29 is 4.42 Å². The highest BCUT2D eigenvalue weighted by molar-refractivity contribution is 9.10. The van der Waals surface area contributed by atoms with E-state index in [1.807, 2.05) is 36.4 Å². The topological polar surface area (TPSA) is 38.9 Å². The molecule has 3 nitrogen and oxygen atoms in total. The normalized spacial score (nSPS) is 10.8. The highest BCUT2D eigenvalue weighted by atomic mass is 79.9. The first-order chi connectivity index (χ1) is 10.2. The number of nitrogens with zero attached hydrogens (tertiary/aromatic N) is 2. The van der Waals surface area contributed by atoms with E-state index in [0.717, 1.165) is 15.8 Å². The van der Waals surface area contributed by atoms with Crippen molar-refractivity contribution in [3.8, 4) is 11.5 Å². The lowest BCUT2D eigenvalue weighted by molar-refractivity contribution is 0.466. The van der Waals surface area contributed by atoms with Gasteiger partial charge >= 0.3 is 0 Å². The zero-order valence-electron chi connectivity index (χ0n) is 10.8. The van der Waals surface area contributed by atoms with Gasteiger partial charge in [0.25, 0.3) is 5.22 Å². The Kier molecular flexibility index (Phi) is 4.63. The Morgan fingerprint density at radius 1 is 1.10 bits per heavy atom. The first-order valence-electron chi connectivity index (χ1n) is 6.18. The maximum atomic E-state index is 5.96. The Bertz CT molecular complexity index is 763. The van der Waals surface area contributed by atoms with Gasteiger partial charge in [-0.15, -0.1) is 10.2 Å². The van der Waals surface area contributed by atoms with Crippen LogP contribution in [0.2, 0.25) is 5.02 Å². The number of rotatable bonds is 4. The van der Waals surface area contributed by atoms with E-state index >= 15 is 0 Å². The fourth-order valence-electron chi connectivity index (χ4n) is 1.76. The van der Waals surface area contributed by atoms with Crippen molar-refractivity contribution in [2.24, 2.45) is 0 Å². The summed E-state index contributed by atoms with van der Waals surface area (Å²) in [6.45, 7) is 0. The standard InChI is InChI=1S/C15H10BrClN2OS/c16-13-7-2-1-4-11(13)9-21-15-19-18-14(20-15)10-5-3-6-12(17)8-10/h1-8H,9H2. The summed E-state index contributed by atoms with van der Waals surface area (Å²) in [5.74, 6) is 1.24. The smallest absolute Gasteiger partial charge is 0.277 e. The van der Waals surface area contributed by atoms with E-state index < -0.39 is 0 Å². The van der Waals surface area contributed by atoms with Crippen molar-refractivity contribution in [2.45, 2.75) is 11.0 Å². The van der Waals surface area contributed by atoms with Crippen LogP contribution in [0.1, 0.15) is 5.56 Å². The summed E-state index contributed by atoms with van der Waals surface area (Å²) in [6, 6.07) is 15.4. The summed E-state index contributed by atoms with van der Waals surface area (Å²) in [7, 11) is 0. The van der Waals surface area contributed by atoms with E-state index in [9.17, 15) is 0 Å². The van der Waals surface area contributed by atoms with Gasteiger partial charge in [0.05, 0.1) is 0 Å². The van der Waals surface area contributed by atoms with Crippen LogP contribution in [0, 0.1) is 0 Å². The van der Waals surface area contributed by atoms with E-state index in [0.29, 0.717) is 16.1 Å². The molecule has 0 spiro atoms. The van der Waals surface area contributed by atoms with E-state index in [1.54, 1.807) is 6.07 Å². The molecule has 6 heteroatoms. The van der Waals surface area contributed by atoms with E-state index in [1.165, 1.54) is 17.3 Å². The Hall–Kier alpha value is -1.30. The van der Waals surface area contributed by atoms with Crippen LogP contribution >= 0.6 is 39.3 Å². The molecule has 0 N–H and O–H groups in total. The molecule has 3 rings (SSSR count). The molecule has 0 saturated heterocycles. The first-order valence-corrected chi connectivity index (χ1v) is 8.34. The van der Waals surface area contributed by atoms with E-state index in [-0.39, 0.29) is 0 Å². The molecule has 0 aliphatic heterocycles. The second kappa shape index (κ2) is 6.64. The van der Waals surface area contributed by atoms with Crippen LogP contribution in [-0.4, -0.2) is 10.2 Å². The fraction of sp³-hybridized carbons (Fsp3) is 0.0667. The van der Waals surface area contributed by atoms with Gasteiger partial charge in [-0.05, 0) is 29.8 Å². The highest BCUT2D eigenvalue weighted by Gasteiger charge is 2.10. The van der Waals surface area contributed by atoms with Gasteiger partial charge in [-0.2, -0.15) is 0 Å². The summed E-state index contributed by atoms with van der Waals surface area (Å²) in [5, 5.41) is 9.30. The minimum atomic E-state index is 0.479. The molecule has 106 valence electrons. The Balaban J connectivity index is 1.72. The van der Waals surface area contributed by atoms with Crippen molar-refractivity contribution in [1.29, 1.82) is 0 Å². The van der Waals surface area contributed by atoms with Crippen molar-refractivity contribution in [3.63, 3.8) is 0 Å². The number of hydrogen-bond acceptors (Lipinski definition) is 4. The molecule has 0 aliphatic carbocycles. The van der Waals surface area contributed by atoms with Crippen LogP contribution in [0.4, 0.5) is 0 Å². The quantitative estimate of drug-likeness (QED) is 0.564. The van der Waals surface area contributed by atoms with Crippen LogP contribution in [0.25, 0.3) is 11.5 Å². The number of benzene rings is 2. The predicted molar refractivity (Wildman–Crippen MR) is 88.4 cm³/mol. The minimum absolute atomic E-state index is 0.479. The van der Waals surface area contributed by atoms with Gasteiger partial charge in [0.1, 0.15) is 0 Å². The van der Waals surface area contributed by atoms with E-state index in [4.69, 9.17) is 16.0 Å². The molecule has 0 amide bonds. The molecule has 0 radical (unpaired) electrons. The molecule has 2 aromatic carbocycles. The largest absolute Gasteiger partial charge is 0.411 e. The van der Waals surface area contributed by atoms with Gasteiger partial charge in [-0.25, -0.2) is 0 Å². The molecule has 0 atom stereocenters. The summed E-state index contributed by atoms with van der Waals surface area (Å²) >= 11 is 11.0. The predicted octanol–water partition coefficient (Wildman–Crippen LogP) is 5.44. The van der Waals surface area contributed by atoms with Crippen LogP contribution in [-0.2, 0) is 5.75 Å². The van der Waals surface area contributed by atoms with Crippen molar-refractivity contribution in [2.75, 3.05) is 0 Å². The lowest BCUT2D eigenvalue weighted by atomic mass is 10.2. The summed E-state index contributed by atoms with van der Waals surface area (Å²) in [5.41, 5.74) is 2.01. The van der Waals surface area contributed by atoms with Crippen LogP contribution < -0.4 is 0 Å². The second-order valence-electron chi connectivity index (χ2n) is 4.26.